The number of nitrogens with zero attached hydrogens (tertiary/aromatic N) is 2. The Morgan fingerprint density at radius 3 is 2.92 bits per heavy atom. The van der Waals surface area contributed by atoms with Crippen molar-refractivity contribution in [2.75, 3.05) is 25.6 Å². The summed E-state index contributed by atoms with van der Waals surface area (Å²) < 4.78 is 0. The molecule has 3 amide bonds. The van der Waals surface area contributed by atoms with Crippen molar-refractivity contribution in [1.82, 2.24) is 10.2 Å². The van der Waals surface area contributed by atoms with Crippen molar-refractivity contribution in [3.8, 4) is 0 Å². The number of likely N-dealkylation sites (N-methyl/N-ethyl adjacent to an activating group) is 1. The van der Waals surface area contributed by atoms with Crippen molar-refractivity contribution in [2.45, 2.75) is 0 Å². The number of rotatable bonds is 2. The number of aliphatic imine (C=N–C) groups is 1. The van der Waals surface area contributed by atoms with E-state index < -0.39 is 0 Å². The van der Waals surface area contributed by atoms with Gasteiger partial charge in [0.15, 0.2) is 0 Å². The highest BCUT2D eigenvalue weighted by Gasteiger charge is 2.20. The maximum absolute atomic E-state index is 11.1. The molecule has 0 radical (unpaired) electrons. The highest BCUT2D eigenvalue weighted by atomic mass is 32.2. The van der Waals surface area contributed by atoms with Crippen molar-refractivity contribution in [3.63, 3.8) is 0 Å². The van der Waals surface area contributed by atoms with Crippen molar-refractivity contribution < 1.29 is 9.59 Å². The minimum absolute atomic E-state index is 0.116. The molecule has 1 N–H and O–H groups in total. The highest BCUT2D eigenvalue weighted by molar-refractivity contribution is 7.99. The molecule has 6 heteroatoms. The van der Waals surface area contributed by atoms with Crippen LogP contribution in [0.3, 0.4) is 0 Å². The number of hydrogen-bond donors (Lipinski definition) is 1. The van der Waals surface area contributed by atoms with Gasteiger partial charge in [0.1, 0.15) is 5.84 Å². The third-order valence-electron chi connectivity index (χ3n) is 1.50. The molecule has 1 heterocycles. The largest absolute Gasteiger partial charge is 0.345 e. The van der Waals surface area contributed by atoms with Crippen LogP contribution in [0, 0.1) is 0 Å². The van der Waals surface area contributed by atoms with Crippen molar-refractivity contribution in [3.05, 3.63) is 0 Å². The molecule has 13 heavy (non-hydrogen) atoms. The van der Waals surface area contributed by atoms with Crippen molar-refractivity contribution in [2.24, 2.45) is 4.99 Å². The van der Waals surface area contributed by atoms with E-state index in [0.29, 0.717) is 18.1 Å². The van der Waals surface area contributed by atoms with E-state index in [1.54, 1.807) is 7.05 Å². The fourth-order valence-electron chi connectivity index (χ4n) is 0.924. The van der Waals surface area contributed by atoms with Crippen LogP contribution in [0.25, 0.3) is 0 Å². The Labute approximate surface area is 80.6 Å². The molecule has 5 nitrogen and oxygen atoms in total. The first-order valence-corrected chi connectivity index (χ1v) is 5.14. The summed E-state index contributed by atoms with van der Waals surface area (Å²) >= 11 is 1.43. The lowest BCUT2D eigenvalue weighted by molar-refractivity contribution is -0.117. The lowest BCUT2D eigenvalue weighted by Gasteiger charge is -2.05. The second kappa shape index (κ2) is 4.27. The number of carbonyl (C=O) groups excluding carboxylic acids is 2. The first kappa shape index (κ1) is 10.0. The average Bonchev–Trinajstić information content (AvgIpc) is 2.31. The van der Waals surface area contributed by atoms with Crippen LogP contribution in [0.2, 0.25) is 0 Å². The number of nitrogens with one attached hydrogen (secondary N) is 1. The van der Waals surface area contributed by atoms with E-state index in [2.05, 4.69) is 10.3 Å². The maximum Gasteiger partial charge on any atom is 0.345 e. The Balaban J connectivity index is 2.43. The van der Waals surface area contributed by atoms with Gasteiger partial charge >= 0.3 is 6.03 Å². The molecule has 0 unspecified atom stereocenters. The fraction of sp³-hybridized carbons (Fsp3) is 0.571. The summed E-state index contributed by atoms with van der Waals surface area (Å²) in [6, 6.07) is -0.306. The second-order valence-corrected chi connectivity index (χ2v) is 3.54. The van der Waals surface area contributed by atoms with Gasteiger partial charge in [-0.05, 0) is 6.26 Å². The van der Waals surface area contributed by atoms with E-state index in [1.165, 1.54) is 16.7 Å². The third-order valence-corrected chi connectivity index (χ3v) is 2.05. The highest BCUT2D eigenvalue weighted by Crippen LogP contribution is 1.99. The van der Waals surface area contributed by atoms with Gasteiger partial charge in [0, 0.05) is 7.05 Å². The summed E-state index contributed by atoms with van der Waals surface area (Å²) in [5.41, 5.74) is 0. The first-order chi connectivity index (χ1) is 6.13. The third kappa shape index (κ3) is 2.73. The molecule has 0 aromatic heterocycles. The Morgan fingerprint density at radius 2 is 2.46 bits per heavy atom. The standard InChI is InChI=1S/C7H11N3O2S/c1-10-3-5(9-7(10)12)8-6(11)4-13-2/h3-4H2,1-2H3,(H,8,9,11,12). The lowest BCUT2D eigenvalue weighted by atomic mass is 10.5. The Hall–Kier alpha value is -1.04. The summed E-state index contributed by atoms with van der Waals surface area (Å²) in [6.07, 6.45) is 1.84. The Morgan fingerprint density at radius 1 is 1.77 bits per heavy atom. The monoisotopic (exact) mass is 201 g/mol. The van der Waals surface area contributed by atoms with E-state index in [9.17, 15) is 9.59 Å². The van der Waals surface area contributed by atoms with E-state index in [-0.39, 0.29) is 11.9 Å². The molecule has 0 fully saturated rings. The second-order valence-electron chi connectivity index (χ2n) is 2.68. The van der Waals surface area contributed by atoms with Crippen molar-refractivity contribution >= 4 is 29.5 Å². The van der Waals surface area contributed by atoms with Crippen LogP contribution in [-0.2, 0) is 4.79 Å². The summed E-state index contributed by atoms with van der Waals surface area (Å²) in [4.78, 5) is 27.1. The van der Waals surface area contributed by atoms with E-state index in [4.69, 9.17) is 0 Å². The molecule has 0 aliphatic carbocycles. The van der Waals surface area contributed by atoms with Gasteiger partial charge in [-0.15, -0.1) is 0 Å². The molecule has 0 bridgehead atoms. The molecule has 1 rings (SSSR count). The molecule has 0 aromatic carbocycles. The SMILES string of the molecule is CSCC(=O)NC1=NC(=O)N(C)C1. The zero-order valence-corrected chi connectivity index (χ0v) is 8.35. The van der Waals surface area contributed by atoms with E-state index >= 15 is 0 Å². The van der Waals surface area contributed by atoms with Gasteiger partial charge in [0.05, 0.1) is 12.3 Å². The molecule has 0 spiro atoms. The zero-order valence-electron chi connectivity index (χ0n) is 7.53. The van der Waals surface area contributed by atoms with E-state index in [1.807, 2.05) is 6.26 Å². The number of thioether (sulfide) groups is 1. The van der Waals surface area contributed by atoms with Gasteiger partial charge in [0.25, 0.3) is 0 Å². The Kier molecular flexibility index (Phi) is 3.30. The fourth-order valence-corrected chi connectivity index (χ4v) is 1.26. The summed E-state index contributed by atoms with van der Waals surface area (Å²) in [5, 5.41) is 2.57. The number of amidine groups is 1. The zero-order chi connectivity index (χ0) is 9.84. The molecule has 0 atom stereocenters. The quantitative estimate of drug-likeness (QED) is 0.680. The lowest BCUT2D eigenvalue weighted by Crippen LogP contribution is -2.35. The number of urea groups is 1. The predicted molar refractivity (Wildman–Crippen MR) is 52.0 cm³/mol. The summed E-state index contributed by atoms with van der Waals surface area (Å²) in [7, 11) is 1.64. The Bertz CT molecular complexity index is 264. The molecule has 1 aliphatic rings. The molecule has 0 saturated heterocycles. The molecule has 0 aromatic rings. The smallest absolute Gasteiger partial charge is 0.318 e. The van der Waals surface area contributed by atoms with Gasteiger partial charge in [-0.1, -0.05) is 0 Å². The molecule has 72 valence electrons. The van der Waals surface area contributed by atoms with Crippen LogP contribution >= 0.6 is 11.8 Å². The van der Waals surface area contributed by atoms with Crippen molar-refractivity contribution in [1.29, 1.82) is 0 Å². The first-order valence-electron chi connectivity index (χ1n) is 3.75. The van der Waals surface area contributed by atoms with Crippen LogP contribution in [-0.4, -0.2) is 48.3 Å². The summed E-state index contributed by atoms with van der Waals surface area (Å²) in [6.45, 7) is 0.388. The molecular formula is C7H11N3O2S. The van der Waals surface area contributed by atoms with Gasteiger partial charge in [-0.3, -0.25) is 4.79 Å². The van der Waals surface area contributed by atoms with Crippen LogP contribution in [0.5, 0.6) is 0 Å². The van der Waals surface area contributed by atoms with E-state index in [0.717, 1.165) is 0 Å². The van der Waals surface area contributed by atoms with Gasteiger partial charge in [-0.2, -0.15) is 16.8 Å². The van der Waals surface area contributed by atoms with Crippen LogP contribution < -0.4 is 5.32 Å². The van der Waals surface area contributed by atoms with Crippen LogP contribution in [0.4, 0.5) is 4.79 Å². The molecular weight excluding hydrogens is 190 g/mol. The predicted octanol–water partition coefficient (Wildman–Crippen LogP) is -0.0705. The minimum Gasteiger partial charge on any atom is -0.318 e. The number of hydrogen-bond acceptors (Lipinski definition) is 3. The summed E-state index contributed by atoms with van der Waals surface area (Å²) in [5.74, 6) is 0.706. The van der Waals surface area contributed by atoms with Gasteiger partial charge < -0.3 is 10.2 Å². The topological polar surface area (TPSA) is 61.8 Å². The minimum atomic E-state index is -0.306. The average molecular weight is 201 g/mol. The number of carbonyl (C=O) groups is 2. The van der Waals surface area contributed by atoms with Crippen LogP contribution in [0.1, 0.15) is 0 Å². The van der Waals surface area contributed by atoms with Crippen LogP contribution in [0.15, 0.2) is 4.99 Å². The number of amides is 3. The normalized spacial score (nSPS) is 16.0. The van der Waals surface area contributed by atoms with Gasteiger partial charge in [-0.25, -0.2) is 4.79 Å². The molecule has 0 saturated carbocycles. The van der Waals surface area contributed by atoms with Gasteiger partial charge in [0.2, 0.25) is 5.91 Å². The molecule has 1 aliphatic heterocycles. The maximum atomic E-state index is 11.1.